The van der Waals surface area contributed by atoms with Crippen molar-refractivity contribution in [3.63, 3.8) is 0 Å². The second-order valence-corrected chi connectivity index (χ2v) is 8.17. The van der Waals surface area contributed by atoms with Gasteiger partial charge in [0.15, 0.2) is 15.9 Å². The van der Waals surface area contributed by atoms with Gasteiger partial charge in [-0.1, -0.05) is 23.1 Å². The molecule has 142 valence electrons. The molecule has 3 aromatic heterocycles. The molecule has 4 heterocycles. The van der Waals surface area contributed by atoms with Gasteiger partial charge < -0.3 is 14.6 Å². The summed E-state index contributed by atoms with van der Waals surface area (Å²) >= 11 is 2.62. The number of hydrogen-bond acceptors (Lipinski definition) is 8. The smallest absolute Gasteiger partial charge is 0.273 e. The van der Waals surface area contributed by atoms with Gasteiger partial charge in [0.05, 0.1) is 18.6 Å². The Labute approximate surface area is 163 Å². The van der Waals surface area contributed by atoms with Crippen molar-refractivity contribution in [2.24, 2.45) is 7.05 Å². The summed E-state index contributed by atoms with van der Waals surface area (Å²) in [6.07, 6.45) is 3.86. The van der Waals surface area contributed by atoms with Crippen LogP contribution in [0.1, 0.15) is 18.6 Å². The summed E-state index contributed by atoms with van der Waals surface area (Å²) in [6, 6.07) is 3.57. The molecule has 0 spiro atoms. The van der Waals surface area contributed by atoms with Crippen molar-refractivity contribution in [3.8, 4) is 0 Å². The number of thiazole rings is 1. The first kappa shape index (κ1) is 18.1. The highest BCUT2D eigenvalue weighted by Gasteiger charge is 2.20. The topological polar surface area (TPSA) is 93.3 Å². The van der Waals surface area contributed by atoms with E-state index in [4.69, 9.17) is 4.42 Å². The number of aromatic nitrogens is 3. The molecule has 3 aromatic rings. The van der Waals surface area contributed by atoms with E-state index in [0.29, 0.717) is 27.8 Å². The fourth-order valence-corrected chi connectivity index (χ4v) is 4.70. The van der Waals surface area contributed by atoms with E-state index in [1.807, 2.05) is 0 Å². The van der Waals surface area contributed by atoms with E-state index in [2.05, 4.69) is 20.2 Å². The van der Waals surface area contributed by atoms with E-state index in [-0.39, 0.29) is 17.2 Å². The van der Waals surface area contributed by atoms with Crippen LogP contribution in [0.15, 0.2) is 32.8 Å². The Hall–Kier alpha value is -2.33. The molecule has 1 fully saturated rings. The minimum atomic E-state index is -0.151. The number of nitrogens with one attached hydrogen (secondary N) is 1. The SMILES string of the molecule is Cn1c(SCC(=O)NCc2ccco2)nc2nc(N3CCCC3)sc2c1=O. The van der Waals surface area contributed by atoms with E-state index < -0.39 is 0 Å². The largest absolute Gasteiger partial charge is 0.467 e. The van der Waals surface area contributed by atoms with Crippen LogP contribution in [0.4, 0.5) is 5.13 Å². The Morgan fingerprint density at radius 2 is 2.19 bits per heavy atom. The van der Waals surface area contributed by atoms with E-state index in [9.17, 15) is 9.59 Å². The molecular formula is C17H19N5O3S2. The first-order chi connectivity index (χ1) is 13.1. The highest BCUT2D eigenvalue weighted by molar-refractivity contribution is 7.99. The molecule has 1 aliphatic heterocycles. The minimum Gasteiger partial charge on any atom is -0.467 e. The van der Waals surface area contributed by atoms with Crippen molar-refractivity contribution in [2.75, 3.05) is 23.7 Å². The van der Waals surface area contributed by atoms with Crippen LogP contribution in [0.3, 0.4) is 0 Å². The first-order valence-electron chi connectivity index (χ1n) is 8.66. The van der Waals surface area contributed by atoms with Crippen molar-refractivity contribution in [2.45, 2.75) is 24.5 Å². The maximum Gasteiger partial charge on any atom is 0.273 e. The van der Waals surface area contributed by atoms with Gasteiger partial charge in [-0.05, 0) is 25.0 Å². The predicted octanol–water partition coefficient (Wildman–Crippen LogP) is 1.99. The summed E-state index contributed by atoms with van der Waals surface area (Å²) in [5, 5.41) is 4.12. The number of hydrogen-bond donors (Lipinski definition) is 1. The standard InChI is InChI=1S/C17H19N5O3S2/c1-21-15(24)13-14(20-17(27-13)22-6-2-3-7-22)19-16(21)26-10-12(23)18-9-11-5-4-8-25-11/h4-5,8H,2-3,6-7,9-10H2,1H3,(H,18,23). The number of furan rings is 1. The third kappa shape index (κ3) is 3.86. The van der Waals surface area contributed by atoms with E-state index in [0.717, 1.165) is 31.1 Å². The lowest BCUT2D eigenvalue weighted by atomic mass is 10.4. The van der Waals surface area contributed by atoms with Crippen LogP contribution in [0.2, 0.25) is 0 Å². The van der Waals surface area contributed by atoms with E-state index in [1.165, 1.54) is 27.7 Å². The first-order valence-corrected chi connectivity index (χ1v) is 10.5. The Balaban J connectivity index is 1.47. The third-order valence-corrected chi connectivity index (χ3v) is 6.46. The van der Waals surface area contributed by atoms with E-state index >= 15 is 0 Å². The summed E-state index contributed by atoms with van der Waals surface area (Å²) in [4.78, 5) is 35.9. The quantitative estimate of drug-likeness (QED) is 0.495. The molecule has 1 N–H and O–H groups in total. The zero-order chi connectivity index (χ0) is 18.8. The van der Waals surface area contributed by atoms with Crippen molar-refractivity contribution in [1.29, 1.82) is 0 Å². The van der Waals surface area contributed by atoms with Crippen molar-refractivity contribution < 1.29 is 9.21 Å². The number of carbonyl (C=O) groups excluding carboxylic acids is 1. The molecule has 10 heteroatoms. The molecule has 1 aliphatic rings. The summed E-state index contributed by atoms with van der Waals surface area (Å²) in [5.74, 6) is 0.703. The summed E-state index contributed by atoms with van der Waals surface area (Å²) < 4.78 is 7.23. The fourth-order valence-electron chi connectivity index (χ4n) is 2.87. The molecule has 8 nitrogen and oxygen atoms in total. The molecule has 0 atom stereocenters. The zero-order valence-corrected chi connectivity index (χ0v) is 16.4. The van der Waals surface area contributed by atoms with Gasteiger partial charge in [0.25, 0.3) is 5.56 Å². The van der Waals surface area contributed by atoms with Gasteiger partial charge in [-0.2, -0.15) is 4.98 Å². The van der Waals surface area contributed by atoms with Gasteiger partial charge in [0, 0.05) is 20.1 Å². The lowest BCUT2D eigenvalue weighted by molar-refractivity contribution is -0.118. The predicted molar refractivity (Wildman–Crippen MR) is 105 cm³/mol. The molecule has 0 saturated carbocycles. The molecular weight excluding hydrogens is 386 g/mol. The van der Waals surface area contributed by atoms with E-state index in [1.54, 1.807) is 25.4 Å². The molecule has 4 rings (SSSR count). The molecule has 0 bridgehead atoms. The van der Waals surface area contributed by atoms with Crippen LogP contribution in [-0.4, -0.2) is 39.3 Å². The number of carbonyl (C=O) groups is 1. The number of nitrogens with zero attached hydrogens (tertiary/aromatic N) is 4. The summed E-state index contributed by atoms with van der Waals surface area (Å²) in [6.45, 7) is 2.28. The monoisotopic (exact) mass is 405 g/mol. The molecule has 27 heavy (non-hydrogen) atoms. The van der Waals surface area contributed by atoms with Crippen molar-refractivity contribution in [1.82, 2.24) is 19.9 Å². The molecule has 0 unspecified atom stereocenters. The highest BCUT2D eigenvalue weighted by Crippen LogP contribution is 2.29. The van der Waals surface area contributed by atoms with Crippen LogP contribution in [0.5, 0.6) is 0 Å². The second-order valence-electron chi connectivity index (χ2n) is 6.25. The number of anilines is 1. The van der Waals surface area contributed by atoms with Gasteiger partial charge in [-0.25, -0.2) is 4.98 Å². The normalized spacial score (nSPS) is 14.2. The zero-order valence-electron chi connectivity index (χ0n) is 14.8. The number of thioether (sulfide) groups is 1. The Morgan fingerprint density at radius 3 is 2.93 bits per heavy atom. The maximum atomic E-state index is 12.7. The highest BCUT2D eigenvalue weighted by atomic mass is 32.2. The number of fused-ring (bicyclic) bond motifs is 1. The Kier molecular flexibility index (Phi) is 5.17. The average molecular weight is 406 g/mol. The van der Waals surface area contributed by atoms with Gasteiger partial charge >= 0.3 is 0 Å². The van der Waals surface area contributed by atoms with Crippen molar-refractivity contribution in [3.05, 3.63) is 34.5 Å². The fraction of sp³-hybridized carbons (Fsp3) is 0.412. The lowest BCUT2D eigenvalue weighted by Gasteiger charge is -2.11. The molecule has 1 saturated heterocycles. The lowest BCUT2D eigenvalue weighted by Crippen LogP contribution is -2.25. The van der Waals surface area contributed by atoms with Crippen molar-refractivity contribution >= 4 is 44.5 Å². The molecule has 1 amide bonds. The van der Waals surface area contributed by atoms with Gasteiger partial charge in [0.2, 0.25) is 5.91 Å². The summed E-state index contributed by atoms with van der Waals surface area (Å²) in [7, 11) is 1.67. The van der Waals surface area contributed by atoms with Gasteiger partial charge in [0.1, 0.15) is 10.5 Å². The van der Waals surface area contributed by atoms with Crippen LogP contribution >= 0.6 is 23.1 Å². The Bertz CT molecular complexity index is 1010. The van der Waals surface area contributed by atoms with Gasteiger partial charge in [-0.15, -0.1) is 0 Å². The molecule has 0 aliphatic carbocycles. The van der Waals surface area contributed by atoms with Crippen LogP contribution in [0, 0.1) is 0 Å². The number of rotatable bonds is 6. The average Bonchev–Trinajstić information content (AvgIpc) is 3.42. The molecule has 0 radical (unpaired) electrons. The van der Waals surface area contributed by atoms with Gasteiger partial charge in [-0.3, -0.25) is 14.2 Å². The maximum absolute atomic E-state index is 12.7. The molecule has 0 aromatic carbocycles. The number of amides is 1. The van der Waals surface area contributed by atoms with Crippen LogP contribution in [-0.2, 0) is 18.4 Å². The minimum absolute atomic E-state index is 0.124. The summed E-state index contributed by atoms with van der Waals surface area (Å²) in [5.41, 5.74) is 0.338. The van der Waals surface area contributed by atoms with Crippen LogP contribution in [0.25, 0.3) is 10.3 Å². The Morgan fingerprint density at radius 1 is 1.37 bits per heavy atom. The second kappa shape index (κ2) is 7.73. The third-order valence-electron chi connectivity index (χ3n) is 4.33. The van der Waals surface area contributed by atoms with Crippen LogP contribution < -0.4 is 15.8 Å².